The van der Waals surface area contributed by atoms with Crippen molar-refractivity contribution in [3.05, 3.63) is 46.7 Å². The molecule has 0 saturated carbocycles. The van der Waals surface area contributed by atoms with Crippen LogP contribution in [0.1, 0.15) is 11.3 Å². The molecule has 0 unspecified atom stereocenters. The average Bonchev–Trinajstić information content (AvgIpc) is 3.08. The minimum Gasteiger partial charge on any atom is -0.355 e. The molecule has 2 N–H and O–H groups in total. The Morgan fingerprint density at radius 1 is 1.25 bits per heavy atom. The van der Waals surface area contributed by atoms with Crippen molar-refractivity contribution in [1.29, 1.82) is 0 Å². The molecular formula is C17H18N2O2S3. The van der Waals surface area contributed by atoms with E-state index in [9.17, 15) is 9.59 Å². The minimum atomic E-state index is -0.362. The van der Waals surface area contributed by atoms with Gasteiger partial charge in [-0.3, -0.25) is 9.59 Å². The fraction of sp³-hybridized carbons (Fsp3) is 0.294. The van der Waals surface area contributed by atoms with E-state index >= 15 is 0 Å². The number of para-hydroxylation sites is 1. The van der Waals surface area contributed by atoms with Gasteiger partial charge in [0.2, 0.25) is 11.8 Å². The smallest absolute Gasteiger partial charge is 0.238 e. The monoisotopic (exact) mass is 378 g/mol. The van der Waals surface area contributed by atoms with Crippen LogP contribution in [0.4, 0.5) is 5.69 Å². The highest BCUT2D eigenvalue weighted by atomic mass is 32.2. The van der Waals surface area contributed by atoms with E-state index < -0.39 is 0 Å². The first-order valence-corrected chi connectivity index (χ1v) is 10.6. The number of thiophene rings is 1. The summed E-state index contributed by atoms with van der Waals surface area (Å²) in [7, 11) is 0. The highest BCUT2D eigenvalue weighted by molar-refractivity contribution is 8.01. The van der Waals surface area contributed by atoms with Crippen molar-refractivity contribution in [3.8, 4) is 0 Å². The predicted octanol–water partition coefficient (Wildman–Crippen LogP) is 3.60. The van der Waals surface area contributed by atoms with E-state index in [4.69, 9.17) is 0 Å². The van der Waals surface area contributed by atoms with Crippen molar-refractivity contribution in [1.82, 2.24) is 5.32 Å². The first kappa shape index (κ1) is 17.4. The van der Waals surface area contributed by atoms with Crippen molar-refractivity contribution in [2.45, 2.75) is 22.3 Å². The third-order valence-electron chi connectivity index (χ3n) is 3.47. The van der Waals surface area contributed by atoms with Crippen LogP contribution in [0.15, 0.2) is 46.7 Å². The fourth-order valence-corrected chi connectivity index (χ4v) is 5.11. The van der Waals surface area contributed by atoms with Gasteiger partial charge >= 0.3 is 0 Å². The molecule has 0 bridgehead atoms. The summed E-state index contributed by atoms with van der Waals surface area (Å²) in [6.45, 7) is 0.629. The maximum atomic E-state index is 12.1. The Morgan fingerprint density at radius 2 is 2.12 bits per heavy atom. The van der Waals surface area contributed by atoms with Gasteiger partial charge in [-0.05, 0) is 23.6 Å². The standard InChI is InChI=1S/C17H18N2O2S3/c20-16(18-7-9-22-11-12-4-3-8-23-12)10-15-17(21)19-13-5-1-2-6-14(13)24-15/h1-6,8,15H,7,9-11H2,(H,18,20)(H,19,21)/t15-/m1/s1. The Balaban J connectivity index is 1.38. The van der Waals surface area contributed by atoms with Crippen molar-refractivity contribution >= 4 is 52.4 Å². The fourth-order valence-electron chi connectivity index (χ4n) is 2.30. The van der Waals surface area contributed by atoms with Crippen LogP contribution in [-0.2, 0) is 15.3 Å². The van der Waals surface area contributed by atoms with E-state index in [0.717, 1.165) is 22.1 Å². The minimum absolute atomic E-state index is 0.0706. The molecule has 1 aliphatic rings. The van der Waals surface area contributed by atoms with Crippen LogP contribution in [0.25, 0.3) is 0 Å². The summed E-state index contributed by atoms with van der Waals surface area (Å²) in [6.07, 6.45) is 0.209. The molecule has 126 valence electrons. The second-order valence-corrected chi connectivity index (χ2v) is 8.66. The first-order chi connectivity index (χ1) is 11.7. The van der Waals surface area contributed by atoms with Gasteiger partial charge in [-0.25, -0.2) is 0 Å². The van der Waals surface area contributed by atoms with Gasteiger partial charge in [0.05, 0.1) is 10.9 Å². The summed E-state index contributed by atoms with van der Waals surface area (Å²) in [6, 6.07) is 11.8. The Kier molecular flexibility index (Phi) is 6.23. The summed E-state index contributed by atoms with van der Waals surface area (Å²) in [5.74, 6) is 1.68. The van der Waals surface area contributed by atoms with Gasteiger partial charge in [-0.15, -0.1) is 23.1 Å². The number of carbonyl (C=O) groups excluding carboxylic acids is 2. The molecule has 24 heavy (non-hydrogen) atoms. The molecule has 4 nitrogen and oxygen atoms in total. The third kappa shape index (κ3) is 4.78. The van der Waals surface area contributed by atoms with E-state index in [-0.39, 0.29) is 23.5 Å². The normalized spacial score (nSPS) is 16.3. The molecule has 0 saturated heterocycles. The van der Waals surface area contributed by atoms with E-state index in [1.54, 1.807) is 23.1 Å². The lowest BCUT2D eigenvalue weighted by Crippen LogP contribution is -2.35. The lowest BCUT2D eigenvalue weighted by molar-refractivity contribution is -0.123. The number of hydrogen-bond donors (Lipinski definition) is 2. The number of amides is 2. The summed E-state index contributed by atoms with van der Waals surface area (Å²) < 4.78 is 0. The largest absolute Gasteiger partial charge is 0.355 e. The molecule has 2 aromatic rings. The second-order valence-electron chi connectivity index (χ2n) is 5.28. The van der Waals surface area contributed by atoms with Crippen LogP contribution >= 0.6 is 34.9 Å². The van der Waals surface area contributed by atoms with E-state index in [1.165, 1.54) is 16.6 Å². The molecule has 3 rings (SSSR count). The number of thioether (sulfide) groups is 2. The topological polar surface area (TPSA) is 58.2 Å². The number of rotatable bonds is 7. The van der Waals surface area contributed by atoms with Crippen LogP contribution in [0.2, 0.25) is 0 Å². The number of anilines is 1. The summed E-state index contributed by atoms with van der Waals surface area (Å²) >= 11 is 5.01. The zero-order valence-electron chi connectivity index (χ0n) is 13.0. The molecule has 1 atom stereocenters. The van der Waals surface area contributed by atoms with Crippen molar-refractivity contribution < 1.29 is 9.59 Å². The number of carbonyl (C=O) groups is 2. The van der Waals surface area contributed by atoms with Crippen LogP contribution < -0.4 is 10.6 Å². The first-order valence-electron chi connectivity index (χ1n) is 7.66. The van der Waals surface area contributed by atoms with Gasteiger partial charge in [-0.2, -0.15) is 11.8 Å². The van der Waals surface area contributed by atoms with Crippen molar-refractivity contribution in [3.63, 3.8) is 0 Å². The number of hydrogen-bond acceptors (Lipinski definition) is 5. The Morgan fingerprint density at radius 3 is 2.96 bits per heavy atom. The lowest BCUT2D eigenvalue weighted by Gasteiger charge is -2.23. The SMILES string of the molecule is O=C(C[C@H]1Sc2ccccc2NC1=O)NCCSCc1cccs1. The molecule has 7 heteroatoms. The van der Waals surface area contributed by atoms with Gasteiger partial charge in [0, 0.05) is 34.2 Å². The zero-order chi connectivity index (χ0) is 16.8. The molecule has 1 aromatic carbocycles. The number of fused-ring (bicyclic) bond motifs is 1. The van der Waals surface area contributed by atoms with Crippen LogP contribution in [0, 0.1) is 0 Å². The summed E-state index contributed by atoms with van der Waals surface area (Å²) in [5, 5.41) is 7.48. The van der Waals surface area contributed by atoms with Gasteiger partial charge in [0.15, 0.2) is 0 Å². The average molecular weight is 379 g/mol. The molecule has 1 aromatic heterocycles. The summed E-state index contributed by atoms with van der Waals surface area (Å²) in [4.78, 5) is 26.5. The maximum absolute atomic E-state index is 12.1. The molecule has 0 radical (unpaired) electrons. The van der Waals surface area contributed by atoms with Gasteiger partial charge < -0.3 is 10.6 Å². The maximum Gasteiger partial charge on any atom is 0.238 e. The van der Waals surface area contributed by atoms with E-state index in [2.05, 4.69) is 22.1 Å². The predicted molar refractivity (Wildman–Crippen MR) is 103 cm³/mol. The second kappa shape index (κ2) is 8.60. The molecular weight excluding hydrogens is 360 g/mol. The highest BCUT2D eigenvalue weighted by Gasteiger charge is 2.28. The Hall–Kier alpha value is -1.44. The Bertz CT molecular complexity index is 704. The molecule has 2 amide bonds. The highest BCUT2D eigenvalue weighted by Crippen LogP contribution is 2.36. The third-order valence-corrected chi connectivity index (χ3v) is 6.81. The number of benzene rings is 1. The molecule has 0 aliphatic carbocycles. The van der Waals surface area contributed by atoms with E-state index in [0.29, 0.717) is 6.54 Å². The molecule has 0 fully saturated rings. The van der Waals surface area contributed by atoms with Crippen LogP contribution in [0.5, 0.6) is 0 Å². The Labute approximate surface area is 153 Å². The van der Waals surface area contributed by atoms with E-state index in [1.807, 2.05) is 30.3 Å². The van der Waals surface area contributed by atoms with Crippen molar-refractivity contribution in [2.75, 3.05) is 17.6 Å². The number of nitrogens with one attached hydrogen (secondary N) is 2. The molecule has 0 spiro atoms. The van der Waals surface area contributed by atoms with Gasteiger partial charge in [-0.1, -0.05) is 18.2 Å². The van der Waals surface area contributed by atoms with Crippen LogP contribution in [0.3, 0.4) is 0 Å². The lowest BCUT2D eigenvalue weighted by atomic mass is 10.2. The van der Waals surface area contributed by atoms with Crippen molar-refractivity contribution in [2.24, 2.45) is 0 Å². The van der Waals surface area contributed by atoms with Gasteiger partial charge in [0.25, 0.3) is 0 Å². The van der Waals surface area contributed by atoms with Crippen LogP contribution in [-0.4, -0.2) is 29.4 Å². The quantitative estimate of drug-likeness (QED) is 0.723. The molecule has 1 aliphatic heterocycles. The van der Waals surface area contributed by atoms with Gasteiger partial charge in [0.1, 0.15) is 0 Å². The summed E-state index contributed by atoms with van der Waals surface area (Å²) in [5.41, 5.74) is 0.828. The zero-order valence-corrected chi connectivity index (χ0v) is 15.4. The molecule has 2 heterocycles.